The van der Waals surface area contributed by atoms with Crippen molar-refractivity contribution in [2.45, 2.75) is 91.4 Å². The van der Waals surface area contributed by atoms with E-state index in [2.05, 4.69) is 51.1 Å². The van der Waals surface area contributed by atoms with Gasteiger partial charge in [0, 0.05) is 0 Å². The van der Waals surface area contributed by atoms with Crippen LogP contribution in [0.15, 0.2) is 118 Å². The van der Waals surface area contributed by atoms with Crippen LogP contribution in [0.1, 0.15) is 63.1 Å². The Morgan fingerprint density at radius 1 is 0.339 bits per heavy atom. The normalized spacial score (nSPS) is 10.9. The molecular formula is C47H51KNa2O9S3. The van der Waals surface area contributed by atoms with Crippen LogP contribution in [-0.4, -0.2) is 38.9 Å². The molecule has 0 radical (unpaired) electrons. The molecule has 0 saturated carbocycles. The Balaban J connectivity index is 0.000000790. The Morgan fingerprint density at radius 2 is 0.742 bits per heavy atom. The molecule has 15 heteroatoms. The minimum absolute atomic E-state index is 0. The van der Waals surface area contributed by atoms with Gasteiger partial charge in [0.15, 0.2) is 0 Å². The third kappa shape index (κ3) is 16.8. The number of benzene rings is 7. The molecule has 0 aliphatic heterocycles. The summed E-state index contributed by atoms with van der Waals surface area (Å²) in [7, 11) is -13.1. The van der Waals surface area contributed by atoms with E-state index in [1.807, 2.05) is 52.0 Å². The fourth-order valence-electron chi connectivity index (χ4n) is 6.42. The number of rotatable bonds is 3. The van der Waals surface area contributed by atoms with E-state index >= 15 is 0 Å². The molecule has 0 saturated heterocycles. The summed E-state index contributed by atoms with van der Waals surface area (Å²) in [5.74, 6) is 0. The summed E-state index contributed by atoms with van der Waals surface area (Å²) in [4.78, 5) is -0.431. The molecule has 62 heavy (non-hydrogen) atoms. The van der Waals surface area contributed by atoms with Crippen LogP contribution in [-0.2, 0) is 30.4 Å². The zero-order valence-corrected chi connectivity index (χ0v) is 46.8. The van der Waals surface area contributed by atoms with Crippen molar-refractivity contribution in [3.05, 3.63) is 159 Å². The molecule has 0 heterocycles. The fraction of sp³-hybridized carbons (Fsp3) is 0.234. The summed E-state index contributed by atoms with van der Waals surface area (Å²) in [6.45, 7) is 19.3. The van der Waals surface area contributed by atoms with E-state index in [0.717, 1.165) is 49.4 Å². The van der Waals surface area contributed by atoms with Crippen LogP contribution >= 0.6 is 0 Å². The van der Waals surface area contributed by atoms with Crippen LogP contribution in [0.4, 0.5) is 0 Å². The van der Waals surface area contributed by atoms with Crippen LogP contribution in [0.3, 0.4) is 0 Å². The van der Waals surface area contributed by atoms with Crippen LogP contribution in [0.5, 0.6) is 0 Å². The van der Waals surface area contributed by atoms with E-state index in [9.17, 15) is 38.9 Å². The first-order valence-electron chi connectivity index (χ1n) is 18.2. The van der Waals surface area contributed by atoms with Crippen molar-refractivity contribution < 1.29 is 149 Å². The molecule has 0 spiro atoms. The Labute approximate surface area is 455 Å². The first kappa shape index (κ1) is 60.7. The third-order valence-corrected chi connectivity index (χ3v) is 12.6. The van der Waals surface area contributed by atoms with Crippen LogP contribution in [0.2, 0.25) is 0 Å². The van der Waals surface area contributed by atoms with Gasteiger partial charge >= 0.3 is 110 Å². The van der Waals surface area contributed by atoms with Crippen LogP contribution in [0, 0.1) is 69.2 Å². The van der Waals surface area contributed by atoms with Crippen molar-refractivity contribution in [1.82, 2.24) is 0 Å². The molecule has 9 nitrogen and oxygen atoms in total. The Hall–Kier alpha value is -1.31. The minimum Gasteiger partial charge on any atom is -0.744 e. The van der Waals surface area contributed by atoms with Gasteiger partial charge in [0.05, 0.1) is 14.7 Å². The summed E-state index contributed by atoms with van der Waals surface area (Å²) in [6, 6.07) is 31.3. The van der Waals surface area contributed by atoms with Crippen molar-refractivity contribution in [1.29, 1.82) is 0 Å². The summed E-state index contributed by atoms with van der Waals surface area (Å²) in [5.41, 5.74) is 10.3. The SMILES string of the molecule is C.Cc1cc(C)c2cc(C)ccc2c1.Cc1cc2cc(C)c(S(=O)(=O)[O-])cc2cc1C.Cc1cc2ccc(S(=O)(=O)[O-])cc2cc1C.Cc1ccc(C)c(S(=O)(=O)[O-])c1.[K+].[Na+].[Na+]. The Bertz CT molecular complexity index is 3040. The van der Waals surface area contributed by atoms with Gasteiger partial charge in [0.25, 0.3) is 0 Å². The molecule has 0 bridgehead atoms. The quantitative estimate of drug-likeness (QED) is 0.189. The molecule has 0 fully saturated rings. The fourth-order valence-corrected chi connectivity index (χ4v) is 8.44. The monoisotopic (exact) mass is 940 g/mol. The molecule has 7 rings (SSSR count). The third-order valence-electron chi connectivity index (χ3n) is 9.80. The van der Waals surface area contributed by atoms with Gasteiger partial charge in [-0.1, -0.05) is 97.4 Å². The van der Waals surface area contributed by atoms with Gasteiger partial charge in [-0.3, -0.25) is 0 Å². The Kier molecular flexibility index (Phi) is 24.5. The van der Waals surface area contributed by atoms with E-state index < -0.39 is 30.4 Å². The van der Waals surface area contributed by atoms with Gasteiger partial charge in [0.1, 0.15) is 30.4 Å². The van der Waals surface area contributed by atoms with Crippen LogP contribution < -0.4 is 110 Å². The predicted molar refractivity (Wildman–Crippen MR) is 236 cm³/mol. The van der Waals surface area contributed by atoms with Crippen molar-refractivity contribution in [2.75, 3.05) is 0 Å². The van der Waals surface area contributed by atoms with Gasteiger partial charge in [-0.2, -0.15) is 0 Å². The van der Waals surface area contributed by atoms with Gasteiger partial charge in [-0.25, -0.2) is 25.3 Å². The average molecular weight is 941 g/mol. The number of hydrogen-bond donors (Lipinski definition) is 0. The first-order chi connectivity index (χ1) is 26.7. The molecular weight excluding hydrogens is 890 g/mol. The Morgan fingerprint density at radius 3 is 1.23 bits per heavy atom. The molecule has 0 aliphatic rings. The number of hydrogen-bond acceptors (Lipinski definition) is 9. The topological polar surface area (TPSA) is 172 Å². The molecule has 7 aromatic rings. The second-order valence-corrected chi connectivity index (χ2v) is 18.9. The van der Waals surface area contributed by atoms with E-state index in [1.165, 1.54) is 51.7 Å². The first-order valence-corrected chi connectivity index (χ1v) is 22.4. The second kappa shape index (κ2) is 25.0. The van der Waals surface area contributed by atoms with Gasteiger partial charge in [-0.15, -0.1) is 0 Å². The molecule has 0 N–H and O–H groups in total. The summed E-state index contributed by atoms with van der Waals surface area (Å²) >= 11 is 0. The molecule has 0 aromatic heterocycles. The van der Waals surface area contributed by atoms with Crippen molar-refractivity contribution in [3.63, 3.8) is 0 Å². The maximum Gasteiger partial charge on any atom is 1.00 e. The van der Waals surface area contributed by atoms with Gasteiger partial charge < -0.3 is 13.7 Å². The maximum absolute atomic E-state index is 11.1. The molecule has 0 atom stereocenters. The largest absolute Gasteiger partial charge is 1.00 e. The van der Waals surface area contributed by atoms with Gasteiger partial charge in [0.2, 0.25) is 0 Å². The zero-order valence-electron chi connectivity index (χ0n) is 37.2. The minimum atomic E-state index is -4.40. The van der Waals surface area contributed by atoms with Crippen molar-refractivity contribution in [2.24, 2.45) is 0 Å². The molecule has 0 aliphatic carbocycles. The maximum atomic E-state index is 11.1. The van der Waals surface area contributed by atoms with E-state index in [-0.39, 0.29) is 133 Å². The number of fused-ring (bicyclic) bond motifs is 3. The van der Waals surface area contributed by atoms with E-state index in [1.54, 1.807) is 45.0 Å². The number of aryl methyl sites for hydroxylation is 10. The zero-order chi connectivity index (χ0) is 43.5. The van der Waals surface area contributed by atoms with Gasteiger partial charge in [-0.05, 0) is 170 Å². The van der Waals surface area contributed by atoms with Crippen LogP contribution in [0.25, 0.3) is 32.3 Å². The van der Waals surface area contributed by atoms with E-state index in [4.69, 9.17) is 0 Å². The molecule has 0 amide bonds. The smallest absolute Gasteiger partial charge is 0.744 e. The summed E-state index contributed by atoms with van der Waals surface area (Å²) in [5, 5.41) is 6.19. The second-order valence-electron chi connectivity index (χ2n) is 14.8. The molecule has 0 unspecified atom stereocenters. The summed E-state index contributed by atoms with van der Waals surface area (Å²) in [6.07, 6.45) is 0. The van der Waals surface area contributed by atoms with Crippen molar-refractivity contribution >= 4 is 62.7 Å². The standard InChI is InChI=1S/C13H14O3S.C13H14.C12H12O3S.C8H10O3S.CH4.K.2Na/c1-8-4-11-6-10(3)13(17(14,15)16)7-12(11)5-9(8)2;1-9-4-5-12-7-10(2)6-11(3)13(12)8-9;1-8-5-10-3-4-12(16(13,14)15)7-11(10)6-9(8)2;1-6-3-4-7(2)8(5-6)12(9,10)11;;;;/h4-7H,1-3H3,(H,14,15,16);4-8H,1-3H3;3-7H,1-2H3,(H,13,14,15);3-5H,1-2H3,(H,9,10,11);1H4;;;/q;;;;;3*+1/p-3. The summed E-state index contributed by atoms with van der Waals surface area (Å²) < 4.78 is 97.9. The average Bonchev–Trinajstić information content (AvgIpc) is 3.10. The molecule has 314 valence electrons. The predicted octanol–water partition coefficient (Wildman–Crippen LogP) is 1.65. The molecule has 7 aromatic carbocycles. The van der Waals surface area contributed by atoms with E-state index in [0.29, 0.717) is 11.1 Å². The van der Waals surface area contributed by atoms with Crippen molar-refractivity contribution in [3.8, 4) is 0 Å².